The van der Waals surface area contributed by atoms with Gasteiger partial charge in [-0.05, 0) is 58.0 Å². The van der Waals surface area contributed by atoms with E-state index in [9.17, 15) is 0 Å². The van der Waals surface area contributed by atoms with Gasteiger partial charge in [-0.2, -0.15) is 0 Å². The minimum atomic E-state index is 0.706. The monoisotopic (exact) mass is 269 g/mol. The molecule has 0 amide bonds. The Morgan fingerprint density at radius 2 is 1.58 bits per heavy atom. The number of nitrogens with zero attached hydrogens (tertiary/aromatic N) is 2. The molecule has 3 nitrogen and oxygen atoms in total. The Kier molecular flexibility index (Phi) is 7.96. The van der Waals surface area contributed by atoms with Crippen molar-refractivity contribution in [2.24, 2.45) is 17.6 Å². The van der Waals surface area contributed by atoms with Crippen LogP contribution in [0.3, 0.4) is 0 Å². The molecule has 1 atom stereocenters. The van der Waals surface area contributed by atoms with E-state index in [4.69, 9.17) is 5.73 Å². The largest absolute Gasteiger partial charge is 0.330 e. The van der Waals surface area contributed by atoms with Crippen LogP contribution in [0.1, 0.15) is 47.0 Å². The molecule has 1 rings (SSSR count). The van der Waals surface area contributed by atoms with Gasteiger partial charge in [0.2, 0.25) is 0 Å². The highest BCUT2D eigenvalue weighted by Crippen LogP contribution is 2.20. The summed E-state index contributed by atoms with van der Waals surface area (Å²) in [6.45, 7) is 16.4. The molecule has 2 N–H and O–H groups in total. The van der Waals surface area contributed by atoms with Crippen molar-refractivity contribution >= 4 is 0 Å². The number of rotatable bonds is 8. The van der Waals surface area contributed by atoms with Gasteiger partial charge in [-0.25, -0.2) is 0 Å². The highest BCUT2D eigenvalue weighted by Gasteiger charge is 2.19. The average molecular weight is 269 g/mol. The third kappa shape index (κ3) is 6.24. The topological polar surface area (TPSA) is 32.5 Å². The fourth-order valence-electron chi connectivity index (χ4n) is 3.11. The molecule has 0 aromatic rings. The number of piperazine rings is 1. The van der Waals surface area contributed by atoms with Gasteiger partial charge in [-0.1, -0.05) is 13.8 Å². The Balaban J connectivity index is 2.16. The Morgan fingerprint density at radius 3 is 2.05 bits per heavy atom. The molecule has 0 spiro atoms. The SMILES string of the molecule is CC(C)C(CCN)CCCN1CCN(C(C)C)CC1. The lowest BCUT2D eigenvalue weighted by Gasteiger charge is -2.37. The summed E-state index contributed by atoms with van der Waals surface area (Å²) in [6, 6.07) is 0.706. The smallest absolute Gasteiger partial charge is 0.0113 e. The van der Waals surface area contributed by atoms with E-state index in [0.717, 1.165) is 18.4 Å². The van der Waals surface area contributed by atoms with Gasteiger partial charge in [0.15, 0.2) is 0 Å². The van der Waals surface area contributed by atoms with Gasteiger partial charge in [0.1, 0.15) is 0 Å². The summed E-state index contributed by atoms with van der Waals surface area (Å²) in [5, 5.41) is 0. The fraction of sp³-hybridized carbons (Fsp3) is 1.00. The van der Waals surface area contributed by atoms with Gasteiger partial charge in [0, 0.05) is 32.2 Å². The third-order valence-corrected chi connectivity index (χ3v) is 4.67. The maximum absolute atomic E-state index is 5.71. The molecule has 1 aliphatic heterocycles. The van der Waals surface area contributed by atoms with Gasteiger partial charge < -0.3 is 10.6 Å². The lowest BCUT2D eigenvalue weighted by molar-refractivity contribution is 0.105. The summed E-state index contributed by atoms with van der Waals surface area (Å²) in [6.07, 6.45) is 3.88. The minimum absolute atomic E-state index is 0.706. The Bertz CT molecular complexity index is 220. The maximum atomic E-state index is 5.71. The predicted molar refractivity (Wildman–Crippen MR) is 84.4 cm³/mol. The first kappa shape index (κ1) is 16.9. The van der Waals surface area contributed by atoms with E-state index in [1.807, 2.05) is 0 Å². The van der Waals surface area contributed by atoms with E-state index in [-0.39, 0.29) is 0 Å². The van der Waals surface area contributed by atoms with E-state index in [2.05, 4.69) is 37.5 Å². The van der Waals surface area contributed by atoms with Crippen LogP contribution in [0, 0.1) is 11.8 Å². The Morgan fingerprint density at radius 1 is 0.947 bits per heavy atom. The molecule has 1 unspecified atom stereocenters. The molecule has 3 heteroatoms. The minimum Gasteiger partial charge on any atom is -0.330 e. The number of hydrogen-bond acceptors (Lipinski definition) is 3. The zero-order valence-electron chi connectivity index (χ0n) is 13.6. The molecule has 1 fully saturated rings. The molecule has 0 bridgehead atoms. The van der Waals surface area contributed by atoms with Gasteiger partial charge in [-0.15, -0.1) is 0 Å². The number of nitrogens with two attached hydrogens (primary N) is 1. The predicted octanol–water partition coefficient (Wildman–Crippen LogP) is 2.41. The van der Waals surface area contributed by atoms with Crippen LogP contribution in [0.15, 0.2) is 0 Å². The molecular formula is C16H35N3. The quantitative estimate of drug-likeness (QED) is 0.734. The van der Waals surface area contributed by atoms with Crippen LogP contribution in [0.25, 0.3) is 0 Å². The van der Waals surface area contributed by atoms with Crippen molar-refractivity contribution < 1.29 is 0 Å². The number of hydrogen-bond donors (Lipinski definition) is 1. The lowest BCUT2D eigenvalue weighted by Crippen LogP contribution is -2.48. The Labute approximate surface area is 120 Å². The van der Waals surface area contributed by atoms with Crippen LogP contribution in [-0.2, 0) is 0 Å². The summed E-state index contributed by atoms with van der Waals surface area (Å²) >= 11 is 0. The van der Waals surface area contributed by atoms with Crippen LogP contribution < -0.4 is 5.73 Å². The zero-order chi connectivity index (χ0) is 14.3. The van der Waals surface area contributed by atoms with Crippen molar-refractivity contribution in [3.8, 4) is 0 Å². The molecule has 19 heavy (non-hydrogen) atoms. The molecule has 0 aromatic heterocycles. The Hall–Kier alpha value is -0.120. The van der Waals surface area contributed by atoms with Crippen LogP contribution in [0.2, 0.25) is 0 Å². The molecule has 0 aromatic carbocycles. The molecule has 1 saturated heterocycles. The second-order valence-electron chi connectivity index (χ2n) is 6.70. The van der Waals surface area contributed by atoms with Gasteiger partial charge in [0.05, 0.1) is 0 Å². The lowest BCUT2D eigenvalue weighted by atomic mass is 9.88. The van der Waals surface area contributed by atoms with Gasteiger partial charge >= 0.3 is 0 Å². The highest BCUT2D eigenvalue weighted by atomic mass is 15.3. The fourth-order valence-corrected chi connectivity index (χ4v) is 3.11. The average Bonchev–Trinajstić information content (AvgIpc) is 2.38. The van der Waals surface area contributed by atoms with Gasteiger partial charge in [-0.3, -0.25) is 4.90 Å². The van der Waals surface area contributed by atoms with E-state index in [1.165, 1.54) is 52.0 Å². The van der Waals surface area contributed by atoms with E-state index < -0.39 is 0 Å². The normalized spacial score (nSPS) is 20.4. The van der Waals surface area contributed by atoms with Crippen molar-refractivity contribution in [3.63, 3.8) is 0 Å². The van der Waals surface area contributed by atoms with Crippen LogP contribution in [0.5, 0.6) is 0 Å². The van der Waals surface area contributed by atoms with Crippen LogP contribution in [0.4, 0.5) is 0 Å². The third-order valence-electron chi connectivity index (χ3n) is 4.67. The molecule has 0 saturated carbocycles. The van der Waals surface area contributed by atoms with Crippen molar-refractivity contribution in [3.05, 3.63) is 0 Å². The summed E-state index contributed by atoms with van der Waals surface area (Å²) in [5.74, 6) is 1.60. The summed E-state index contributed by atoms with van der Waals surface area (Å²) in [4.78, 5) is 5.22. The first-order valence-corrected chi connectivity index (χ1v) is 8.21. The van der Waals surface area contributed by atoms with Crippen molar-refractivity contribution in [1.29, 1.82) is 0 Å². The van der Waals surface area contributed by atoms with E-state index in [0.29, 0.717) is 6.04 Å². The molecule has 1 aliphatic rings. The van der Waals surface area contributed by atoms with Gasteiger partial charge in [0.25, 0.3) is 0 Å². The first-order valence-electron chi connectivity index (χ1n) is 8.21. The van der Waals surface area contributed by atoms with Crippen molar-refractivity contribution in [2.45, 2.75) is 53.0 Å². The summed E-state index contributed by atoms with van der Waals surface area (Å²) in [7, 11) is 0. The molecule has 0 aliphatic carbocycles. The maximum Gasteiger partial charge on any atom is 0.0113 e. The molecular weight excluding hydrogens is 234 g/mol. The summed E-state index contributed by atoms with van der Waals surface area (Å²) < 4.78 is 0. The summed E-state index contributed by atoms with van der Waals surface area (Å²) in [5.41, 5.74) is 5.71. The van der Waals surface area contributed by atoms with Crippen molar-refractivity contribution in [1.82, 2.24) is 9.80 Å². The highest BCUT2D eigenvalue weighted by molar-refractivity contribution is 4.74. The van der Waals surface area contributed by atoms with Crippen LogP contribution >= 0.6 is 0 Å². The zero-order valence-corrected chi connectivity index (χ0v) is 13.6. The second-order valence-corrected chi connectivity index (χ2v) is 6.70. The molecule has 114 valence electrons. The second kappa shape index (κ2) is 8.93. The van der Waals surface area contributed by atoms with Crippen LogP contribution in [-0.4, -0.2) is 55.1 Å². The van der Waals surface area contributed by atoms with E-state index in [1.54, 1.807) is 0 Å². The standard InChI is InChI=1S/C16H35N3/c1-14(2)16(7-8-17)6-5-9-18-10-12-19(13-11-18)15(3)4/h14-16H,5-13,17H2,1-4H3. The molecule has 0 radical (unpaired) electrons. The molecule has 1 heterocycles. The van der Waals surface area contributed by atoms with Crippen molar-refractivity contribution in [2.75, 3.05) is 39.3 Å². The first-order chi connectivity index (χ1) is 9.04. The van der Waals surface area contributed by atoms with E-state index >= 15 is 0 Å².